The number of hydrazone groups is 1. The highest BCUT2D eigenvalue weighted by atomic mass is 16.5. The van der Waals surface area contributed by atoms with Crippen LogP contribution in [0.3, 0.4) is 0 Å². The Hall–Kier alpha value is -2.66. The second-order valence-corrected chi connectivity index (χ2v) is 5.54. The van der Waals surface area contributed by atoms with Gasteiger partial charge in [0.2, 0.25) is 0 Å². The van der Waals surface area contributed by atoms with E-state index in [4.69, 9.17) is 4.74 Å². The van der Waals surface area contributed by atoms with Crippen LogP contribution in [0.4, 0.5) is 0 Å². The van der Waals surface area contributed by atoms with Crippen LogP contribution in [0.25, 0.3) is 0 Å². The van der Waals surface area contributed by atoms with Crippen molar-refractivity contribution in [1.29, 1.82) is 0 Å². The number of carbonyl (C=O) groups is 1. The van der Waals surface area contributed by atoms with Crippen LogP contribution in [-0.2, 0) is 5.72 Å². The number of ether oxygens (including phenoxy) is 1. The first-order valence-corrected chi connectivity index (χ1v) is 7.35. The zero-order valence-electron chi connectivity index (χ0n) is 13.1. The van der Waals surface area contributed by atoms with E-state index in [2.05, 4.69) is 5.10 Å². The van der Waals surface area contributed by atoms with Gasteiger partial charge in [-0.2, -0.15) is 10.1 Å². The fraction of sp³-hybridized carbons (Fsp3) is 0.222. The van der Waals surface area contributed by atoms with E-state index >= 15 is 0 Å². The maximum absolute atomic E-state index is 12.7. The van der Waals surface area contributed by atoms with Crippen molar-refractivity contribution in [3.63, 3.8) is 0 Å². The standard InChI is InChI=1S/C18H18N2O3/c1-13-12-18(22,15-8-10-16(23-2)11-9-15)20(19-13)17(21)14-6-4-3-5-7-14/h3-11,22H,12H2,1-2H3/t18-/m0/s1. The normalized spacial score (nSPS) is 20.3. The predicted octanol–water partition coefficient (Wildman–Crippen LogP) is 2.76. The molecular formula is C18H18N2O3. The lowest BCUT2D eigenvalue weighted by atomic mass is 9.97. The van der Waals surface area contributed by atoms with E-state index in [-0.39, 0.29) is 12.3 Å². The zero-order valence-corrected chi connectivity index (χ0v) is 13.1. The number of methoxy groups -OCH3 is 1. The first kappa shape index (κ1) is 15.2. The molecule has 2 aromatic rings. The third-order valence-electron chi connectivity index (χ3n) is 3.89. The number of benzene rings is 2. The molecule has 1 heterocycles. The molecular weight excluding hydrogens is 292 g/mol. The Bertz CT molecular complexity index is 741. The van der Waals surface area contributed by atoms with Crippen molar-refractivity contribution in [2.45, 2.75) is 19.1 Å². The summed E-state index contributed by atoms with van der Waals surface area (Å²) in [4.78, 5) is 12.7. The van der Waals surface area contributed by atoms with Gasteiger partial charge in [0, 0.05) is 23.3 Å². The van der Waals surface area contributed by atoms with Gasteiger partial charge in [-0.15, -0.1) is 0 Å². The summed E-state index contributed by atoms with van der Waals surface area (Å²) in [5.41, 5.74) is 0.303. The quantitative estimate of drug-likeness (QED) is 0.948. The summed E-state index contributed by atoms with van der Waals surface area (Å²) in [7, 11) is 1.58. The lowest BCUT2D eigenvalue weighted by Gasteiger charge is -2.31. The minimum absolute atomic E-state index is 0.276. The summed E-state index contributed by atoms with van der Waals surface area (Å²) < 4.78 is 5.14. The average molecular weight is 310 g/mol. The highest BCUT2D eigenvalue weighted by molar-refractivity contribution is 5.97. The van der Waals surface area contributed by atoms with Crippen molar-refractivity contribution in [3.05, 3.63) is 65.7 Å². The number of nitrogens with zero attached hydrogens (tertiary/aromatic N) is 2. The largest absolute Gasteiger partial charge is 0.497 e. The van der Waals surface area contributed by atoms with E-state index in [1.54, 1.807) is 62.6 Å². The molecule has 23 heavy (non-hydrogen) atoms. The molecule has 5 heteroatoms. The second-order valence-electron chi connectivity index (χ2n) is 5.54. The van der Waals surface area contributed by atoms with Gasteiger partial charge in [-0.3, -0.25) is 4.79 Å². The molecule has 0 aromatic heterocycles. The molecule has 0 fully saturated rings. The second kappa shape index (κ2) is 5.85. The van der Waals surface area contributed by atoms with Crippen molar-refractivity contribution in [1.82, 2.24) is 5.01 Å². The molecule has 1 aliphatic rings. The molecule has 1 N–H and O–H groups in total. The highest BCUT2D eigenvalue weighted by Crippen LogP contribution is 2.36. The average Bonchev–Trinajstić information content (AvgIpc) is 2.91. The third kappa shape index (κ3) is 2.71. The Kier molecular flexibility index (Phi) is 3.88. The van der Waals surface area contributed by atoms with Crippen molar-refractivity contribution in [2.24, 2.45) is 5.10 Å². The number of hydrogen-bond donors (Lipinski definition) is 1. The number of amides is 1. The Morgan fingerprint density at radius 3 is 2.43 bits per heavy atom. The molecule has 3 rings (SSSR count). The summed E-state index contributed by atoms with van der Waals surface area (Å²) in [6.45, 7) is 1.80. The van der Waals surface area contributed by atoms with Crippen LogP contribution in [0.5, 0.6) is 5.75 Å². The molecule has 0 bridgehead atoms. The van der Waals surface area contributed by atoms with Gasteiger partial charge < -0.3 is 9.84 Å². The summed E-state index contributed by atoms with van der Waals surface area (Å²) >= 11 is 0. The number of aliphatic hydroxyl groups is 1. The summed E-state index contributed by atoms with van der Waals surface area (Å²) in [6, 6.07) is 15.8. The molecule has 0 unspecified atom stereocenters. The van der Waals surface area contributed by atoms with Gasteiger partial charge in [-0.05, 0) is 31.2 Å². The first-order valence-electron chi connectivity index (χ1n) is 7.35. The van der Waals surface area contributed by atoms with E-state index in [0.717, 1.165) is 0 Å². The minimum Gasteiger partial charge on any atom is -0.497 e. The van der Waals surface area contributed by atoms with Crippen molar-refractivity contribution in [3.8, 4) is 5.75 Å². The Balaban J connectivity index is 1.98. The molecule has 0 spiro atoms. The summed E-state index contributed by atoms with van der Waals surface area (Å²) in [5.74, 6) is 0.356. The van der Waals surface area contributed by atoms with Gasteiger partial charge in [0.15, 0.2) is 5.72 Å². The third-order valence-corrected chi connectivity index (χ3v) is 3.89. The number of rotatable bonds is 3. The van der Waals surface area contributed by atoms with E-state index in [1.807, 2.05) is 6.07 Å². The maximum atomic E-state index is 12.7. The van der Waals surface area contributed by atoms with Crippen LogP contribution < -0.4 is 4.74 Å². The van der Waals surface area contributed by atoms with Gasteiger partial charge in [0.25, 0.3) is 5.91 Å². The van der Waals surface area contributed by atoms with Crippen LogP contribution in [0.2, 0.25) is 0 Å². The Morgan fingerprint density at radius 2 is 1.83 bits per heavy atom. The van der Waals surface area contributed by atoms with Gasteiger partial charge in [0.05, 0.1) is 7.11 Å². The molecule has 118 valence electrons. The lowest BCUT2D eigenvalue weighted by Crippen LogP contribution is -2.43. The smallest absolute Gasteiger partial charge is 0.276 e. The van der Waals surface area contributed by atoms with Gasteiger partial charge >= 0.3 is 0 Å². The SMILES string of the molecule is COc1ccc([C@@]2(O)CC(C)=NN2C(=O)c2ccccc2)cc1. The number of hydrogen-bond acceptors (Lipinski definition) is 4. The molecule has 1 atom stereocenters. The van der Waals surface area contributed by atoms with Crippen LogP contribution in [0.1, 0.15) is 29.3 Å². The van der Waals surface area contributed by atoms with E-state index < -0.39 is 5.72 Å². The van der Waals surface area contributed by atoms with Crippen LogP contribution in [0, 0.1) is 0 Å². The van der Waals surface area contributed by atoms with Crippen molar-refractivity contribution in [2.75, 3.05) is 7.11 Å². The minimum atomic E-state index is -1.48. The van der Waals surface area contributed by atoms with Crippen LogP contribution >= 0.6 is 0 Å². The van der Waals surface area contributed by atoms with Crippen molar-refractivity contribution >= 4 is 11.6 Å². The molecule has 0 aliphatic carbocycles. The van der Waals surface area contributed by atoms with Gasteiger partial charge in [-0.1, -0.05) is 30.3 Å². The number of carbonyl (C=O) groups excluding carboxylic acids is 1. The first-order chi connectivity index (χ1) is 11.0. The molecule has 0 radical (unpaired) electrons. The molecule has 1 aliphatic heterocycles. The molecule has 5 nitrogen and oxygen atoms in total. The van der Waals surface area contributed by atoms with Crippen LogP contribution in [0.15, 0.2) is 59.7 Å². The summed E-state index contributed by atoms with van der Waals surface area (Å²) in [5, 5.41) is 16.6. The summed E-state index contributed by atoms with van der Waals surface area (Å²) in [6.07, 6.45) is 0.276. The fourth-order valence-electron chi connectivity index (χ4n) is 2.72. The van der Waals surface area contributed by atoms with Crippen molar-refractivity contribution < 1.29 is 14.6 Å². The predicted molar refractivity (Wildman–Crippen MR) is 87.2 cm³/mol. The van der Waals surface area contributed by atoms with Gasteiger partial charge in [0.1, 0.15) is 5.75 Å². The Morgan fingerprint density at radius 1 is 1.17 bits per heavy atom. The maximum Gasteiger partial charge on any atom is 0.276 e. The molecule has 2 aromatic carbocycles. The highest BCUT2D eigenvalue weighted by Gasteiger charge is 2.45. The monoisotopic (exact) mass is 310 g/mol. The molecule has 0 saturated heterocycles. The van der Waals surface area contributed by atoms with E-state index in [1.165, 1.54) is 5.01 Å². The lowest BCUT2D eigenvalue weighted by molar-refractivity contribution is -0.0765. The van der Waals surface area contributed by atoms with E-state index in [9.17, 15) is 9.90 Å². The fourth-order valence-corrected chi connectivity index (χ4v) is 2.72. The topological polar surface area (TPSA) is 62.1 Å². The van der Waals surface area contributed by atoms with Gasteiger partial charge in [-0.25, -0.2) is 0 Å². The van der Waals surface area contributed by atoms with E-state index in [0.29, 0.717) is 22.6 Å². The Labute approximate surface area is 134 Å². The zero-order chi connectivity index (χ0) is 16.4. The molecule has 1 amide bonds. The van der Waals surface area contributed by atoms with Crippen LogP contribution in [-0.4, -0.2) is 28.8 Å². The molecule has 0 saturated carbocycles.